The van der Waals surface area contributed by atoms with Crippen LogP contribution in [-0.2, 0) is 9.53 Å². The normalized spacial score (nSPS) is 13.2. The highest BCUT2D eigenvalue weighted by Gasteiger charge is 2.10. The number of hydrogen-bond acceptors (Lipinski definition) is 3. The minimum atomic E-state index is -0.751. The van der Waals surface area contributed by atoms with Crippen molar-refractivity contribution in [2.75, 3.05) is 12.5 Å². The summed E-state index contributed by atoms with van der Waals surface area (Å²) in [6, 6.07) is 0. The number of alkyl halides is 1. The average molecular weight is 181 g/mol. The van der Waals surface area contributed by atoms with Gasteiger partial charge in [-0.25, -0.2) is 0 Å². The van der Waals surface area contributed by atoms with Gasteiger partial charge in [0.15, 0.2) is 0 Å². The second kappa shape index (κ2) is 5.38. The summed E-state index contributed by atoms with van der Waals surface area (Å²) in [5.41, 5.74) is 0. The molecule has 0 saturated heterocycles. The molecule has 0 bridgehead atoms. The van der Waals surface area contributed by atoms with E-state index in [9.17, 15) is 4.79 Å². The van der Waals surface area contributed by atoms with Crippen molar-refractivity contribution in [1.82, 2.24) is 0 Å². The summed E-state index contributed by atoms with van der Waals surface area (Å²) >= 11 is 5.27. The van der Waals surface area contributed by atoms with Gasteiger partial charge in [0.2, 0.25) is 0 Å². The van der Waals surface area contributed by atoms with Gasteiger partial charge in [-0.3, -0.25) is 4.79 Å². The fraction of sp³-hybridized carbons (Fsp3) is 0.857. The lowest BCUT2D eigenvalue weighted by molar-refractivity contribution is -0.149. The first-order chi connectivity index (χ1) is 5.07. The molecule has 0 amide bonds. The summed E-state index contributed by atoms with van der Waals surface area (Å²) < 4.78 is 4.68. The first-order valence-corrected chi connectivity index (χ1v) is 4.02. The molecule has 0 aromatic rings. The van der Waals surface area contributed by atoms with E-state index in [2.05, 4.69) is 4.74 Å². The maximum atomic E-state index is 10.8. The third-order valence-corrected chi connectivity index (χ3v) is 1.42. The number of rotatable bonds is 4. The lowest BCUT2D eigenvalue weighted by atomic mass is 10.2. The molecule has 3 nitrogen and oxygen atoms in total. The van der Waals surface area contributed by atoms with E-state index in [0.29, 0.717) is 0 Å². The van der Waals surface area contributed by atoms with Gasteiger partial charge in [0.25, 0.3) is 0 Å². The van der Waals surface area contributed by atoms with Gasteiger partial charge in [-0.2, -0.15) is 0 Å². The topological polar surface area (TPSA) is 46.5 Å². The van der Waals surface area contributed by atoms with Crippen LogP contribution in [0.25, 0.3) is 0 Å². The number of carbonyl (C=O) groups excluding carboxylic acids is 1. The smallest absolute Gasteiger partial charge is 0.308 e. The van der Waals surface area contributed by atoms with E-state index >= 15 is 0 Å². The number of aliphatic hydroxyl groups is 1. The summed E-state index contributed by atoms with van der Waals surface area (Å²) in [5.74, 6) is -0.377. The molecule has 0 aliphatic heterocycles. The lowest BCUT2D eigenvalue weighted by Gasteiger charge is -2.09. The van der Waals surface area contributed by atoms with Crippen molar-refractivity contribution in [3.8, 4) is 0 Å². The van der Waals surface area contributed by atoms with Crippen LogP contribution in [-0.4, -0.2) is 29.7 Å². The molecular formula is C7H13ClO3. The Bertz CT molecular complexity index is 125. The van der Waals surface area contributed by atoms with Crippen molar-refractivity contribution >= 4 is 17.6 Å². The zero-order valence-corrected chi connectivity index (χ0v) is 7.47. The molecule has 0 aromatic heterocycles. The maximum absolute atomic E-state index is 10.8. The van der Waals surface area contributed by atoms with Crippen molar-refractivity contribution < 1.29 is 14.6 Å². The van der Waals surface area contributed by atoms with Crippen LogP contribution in [0.15, 0.2) is 0 Å². The van der Waals surface area contributed by atoms with E-state index in [1.165, 1.54) is 0 Å². The number of esters is 1. The quantitative estimate of drug-likeness (QED) is 0.514. The molecule has 0 fully saturated rings. The molecule has 1 N–H and O–H groups in total. The maximum Gasteiger partial charge on any atom is 0.308 e. The Morgan fingerprint density at radius 2 is 2.18 bits per heavy atom. The highest BCUT2D eigenvalue weighted by Crippen LogP contribution is 1.97. The van der Waals surface area contributed by atoms with Gasteiger partial charge in [0.05, 0.1) is 11.8 Å². The van der Waals surface area contributed by atoms with Crippen LogP contribution >= 0.6 is 11.6 Å². The van der Waals surface area contributed by atoms with E-state index in [1.807, 2.05) is 0 Å². The van der Waals surface area contributed by atoms with Crippen LogP contribution in [0.2, 0.25) is 0 Å². The Balaban J connectivity index is 3.46. The minimum absolute atomic E-state index is 0.0134. The standard InChI is InChI=1S/C7H13ClO3/c1-5(2)7(10)11-4-6(9)3-8/h5-6,9H,3-4H2,1-2H3. The van der Waals surface area contributed by atoms with E-state index in [-0.39, 0.29) is 24.4 Å². The van der Waals surface area contributed by atoms with E-state index in [0.717, 1.165) is 0 Å². The molecule has 4 heteroatoms. The molecular weight excluding hydrogens is 168 g/mol. The fourth-order valence-electron chi connectivity index (χ4n) is 0.390. The number of aliphatic hydroxyl groups excluding tert-OH is 1. The third kappa shape index (κ3) is 5.04. The van der Waals surface area contributed by atoms with Crippen LogP contribution in [0.1, 0.15) is 13.8 Å². The minimum Gasteiger partial charge on any atom is -0.463 e. The predicted octanol–water partition coefficient (Wildman–Crippen LogP) is 0.785. The molecule has 0 radical (unpaired) electrons. The van der Waals surface area contributed by atoms with Gasteiger partial charge in [0, 0.05) is 0 Å². The average Bonchev–Trinajstić information content (AvgIpc) is 1.99. The Morgan fingerprint density at radius 1 is 1.64 bits per heavy atom. The van der Waals surface area contributed by atoms with E-state index < -0.39 is 6.10 Å². The zero-order chi connectivity index (χ0) is 8.85. The molecule has 11 heavy (non-hydrogen) atoms. The highest BCUT2D eigenvalue weighted by atomic mass is 35.5. The summed E-state index contributed by atoms with van der Waals surface area (Å²) in [7, 11) is 0. The SMILES string of the molecule is CC(C)C(=O)OCC(O)CCl. The largest absolute Gasteiger partial charge is 0.463 e. The number of hydrogen-bond donors (Lipinski definition) is 1. The first kappa shape index (κ1) is 10.7. The molecule has 0 spiro atoms. The van der Waals surface area contributed by atoms with Gasteiger partial charge >= 0.3 is 5.97 Å². The monoisotopic (exact) mass is 180 g/mol. The van der Waals surface area contributed by atoms with Crippen LogP contribution < -0.4 is 0 Å². The molecule has 0 rings (SSSR count). The molecule has 0 aromatic carbocycles. The molecule has 0 heterocycles. The van der Waals surface area contributed by atoms with Gasteiger partial charge in [-0.05, 0) is 0 Å². The van der Waals surface area contributed by atoms with Gasteiger partial charge in [0.1, 0.15) is 12.7 Å². The summed E-state index contributed by atoms with van der Waals surface area (Å²) in [4.78, 5) is 10.8. The van der Waals surface area contributed by atoms with Crippen LogP contribution in [0.3, 0.4) is 0 Å². The Labute approximate surface area is 71.3 Å². The van der Waals surface area contributed by atoms with Crippen molar-refractivity contribution in [1.29, 1.82) is 0 Å². The summed E-state index contributed by atoms with van der Waals surface area (Å²) in [6.45, 7) is 3.45. The van der Waals surface area contributed by atoms with Crippen LogP contribution in [0.4, 0.5) is 0 Å². The molecule has 1 unspecified atom stereocenters. The third-order valence-electron chi connectivity index (χ3n) is 1.07. The van der Waals surface area contributed by atoms with E-state index in [1.54, 1.807) is 13.8 Å². The molecule has 0 aliphatic rings. The molecule has 0 saturated carbocycles. The van der Waals surface area contributed by atoms with Crippen molar-refractivity contribution in [2.24, 2.45) is 5.92 Å². The van der Waals surface area contributed by atoms with E-state index in [4.69, 9.17) is 16.7 Å². The number of carbonyl (C=O) groups is 1. The number of halogens is 1. The van der Waals surface area contributed by atoms with Gasteiger partial charge in [-0.15, -0.1) is 11.6 Å². The Hall–Kier alpha value is -0.280. The second-order valence-electron chi connectivity index (χ2n) is 2.59. The fourth-order valence-corrected chi connectivity index (χ4v) is 0.479. The Kier molecular flexibility index (Phi) is 5.24. The highest BCUT2D eigenvalue weighted by molar-refractivity contribution is 6.18. The second-order valence-corrected chi connectivity index (χ2v) is 2.90. The Morgan fingerprint density at radius 3 is 2.55 bits per heavy atom. The lowest BCUT2D eigenvalue weighted by Crippen LogP contribution is -2.22. The molecule has 66 valence electrons. The van der Waals surface area contributed by atoms with Crippen LogP contribution in [0.5, 0.6) is 0 Å². The predicted molar refractivity (Wildman–Crippen MR) is 42.5 cm³/mol. The zero-order valence-electron chi connectivity index (χ0n) is 6.71. The van der Waals surface area contributed by atoms with Crippen molar-refractivity contribution in [3.63, 3.8) is 0 Å². The summed E-state index contributed by atoms with van der Waals surface area (Å²) in [6.07, 6.45) is -0.751. The van der Waals surface area contributed by atoms with Crippen molar-refractivity contribution in [2.45, 2.75) is 20.0 Å². The van der Waals surface area contributed by atoms with Crippen molar-refractivity contribution in [3.05, 3.63) is 0 Å². The first-order valence-electron chi connectivity index (χ1n) is 3.48. The van der Waals surface area contributed by atoms with Gasteiger partial charge < -0.3 is 9.84 Å². The molecule has 1 atom stereocenters. The molecule has 0 aliphatic carbocycles. The van der Waals surface area contributed by atoms with Gasteiger partial charge in [-0.1, -0.05) is 13.8 Å². The summed E-state index contributed by atoms with van der Waals surface area (Å²) in [5, 5.41) is 8.88. The van der Waals surface area contributed by atoms with Crippen LogP contribution in [0, 0.1) is 5.92 Å². The number of ether oxygens (including phenoxy) is 1.